The molecule has 0 spiro atoms. The molecule has 59 heavy (non-hydrogen) atoms. The topological polar surface area (TPSA) is 102 Å². The molecule has 1 saturated heterocycles. The lowest BCUT2D eigenvalue weighted by Crippen LogP contribution is -2.45. The molecule has 0 radical (unpaired) electrons. The summed E-state index contributed by atoms with van der Waals surface area (Å²) in [5.41, 5.74) is 6.64. The van der Waals surface area contributed by atoms with Crippen molar-refractivity contribution in [3.8, 4) is 39.7 Å². The van der Waals surface area contributed by atoms with E-state index in [0.717, 1.165) is 48.2 Å². The van der Waals surface area contributed by atoms with Crippen LogP contribution in [0.2, 0.25) is 5.02 Å². The SMILES string of the molecule is COc1cncc(-c2cnc(N3CC(C)C3)cc2Nc2c(C)c(-c3ccccn3)nc3cc(F)cc(F)c23)c1.Cc1c(-c2ccccn2)nc2cc(F)cc(F)c2c1Cl. The summed E-state index contributed by atoms with van der Waals surface area (Å²) >= 11 is 6.21. The summed E-state index contributed by atoms with van der Waals surface area (Å²) in [6, 6.07) is 18.7. The molecule has 1 aliphatic heterocycles. The molecule has 0 atom stereocenters. The molecular weight excluding hydrogens is 780 g/mol. The number of pyridine rings is 6. The van der Waals surface area contributed by atoms with Crippen molar-refractivity contribution in [3.63, 3.8) is 0 Å². The van der Waals surface area contributed by atoms with E-state index in [9.17, 15) is 13.2 Å². The van der Waals surface area contributed by atoms with Gasteiger partial charge in [-0.15, -0.1) is 0 Å². The maximum atomic E-state index is 15.4. The number of aromatic nitrogens is 6. The molecule has 8 aromatic rings. The number of methoxy groups -OCH3 is 1. The van der Waals surface area contributed by atoms with Crippen molar-refractivity contribution in [2.24, 2.45) is 5.92 Å². The van der Waals surface area contributed by atoms with E-state index in [1.54, 1.807) is 57.2 Å². The summed E-state index contributed by atoms with van der Waals surface area (Å²) in [6.45, 7) is 7.59. The third-order valence-corrected chi connectivity index (χ3v) is 10.5. The largest absolute Gasteiger partial charge is 0.495 e. The van der Waals surface area contributed by atoms with Crippen LogP contribution in [0.3, 0.4) is 0 Å². The van der Waals surface area contributed by atoms with Crippen LogP contribution in [-0.2, 0) is 0 Å². The Hall–Kier alpha value is -6.73. The van der Waals surface area contributed by atoms with Gasteiger partial charge in [0.1, 0.15) is 34.8 Å². The lowest BCUT2D eigenvalue weighted by molar-refractivity contribution is 0.413. The van der Waals surface area contributed by atoms with Gasteiger partial charge in [-0.05, 0) is 55.7 Å². The molecule has 2 aromatic carbocycles. The molecule has 1 fully saturated rings. The van der Waals surface area contributed by atoms with Crippen LogP contribution in [0, 0.1) is 43.0 Å². The zero-order chi connectivity index (χ0) is 41.4. The highest BCUT2D eigenvalue weighted by Gasteiger charge is 2.26. The highest BCUT2D eigenvalue weighted by atomic mass is 35.5. The van der Waals surface area contributed by atoms with Crippen LogP contribution in [-0.4, -0.2) is 50.1 Å². The number of nitrogens with zero attached hydrogens (tertiary/aromatic N) is 7. The Morgan fingerprint density at radius 1 is 0.729 bits per heavy atom. The van der Waals surface area contributed by atoms with E-state index in [-0.39, 0.29) is 26.8 Å². The van der Waals surface area contributed by atoms with Gasteiger partial charge in [0.2, 0.25) is 0 Å². The van der Waals surface area contributed by atoms with Gasteiger partial charge in [-0.1, -0.05) is 30.7 Å². The predicted molar refractivity (Wildman–Crippen MR) is 223 cm³/mol. The van der Waals surface area contributed by atoms with Crippen molar-refractivity contribution in [2.45, 2.75) is 20.8 Å². The first-order valence-corrected chi connectivity index (χ1v) is 18.9. The zero-order valence-electron chi connectivity index (χ0n) is 32.2. The Bertz CT molecular complexity index is 2860. The molecule has 0 unspecified atom stereocenters. The summed E-state index contributed by atoms with van der Waals surface area (Å²) in [6.07, 6.45) is 8.43. The molecule has 296 valence electrons. The van der Waals surface area contributed by atoms with Crippen molar-refractivity contribution < 1.29 is 22.3 Å². The molecule has 7 heterocycles. The Labute approximate surface area is 341 Å². The third kappa shape index (κ3) is 7.81. The van der Waals surface area contributed by atoms with E-state index in [2.05, 4.69) is 42.1 Å². The molecule has 9 nitrogen and oxygen atoms in total. The minimum Gasteiger partial charge on any atom is -0.495 e. The van der Waals surface area contributed by atoms with E-state index in [1.165, 1.54) is 6.07 Å². The van der Waals surface area contributed by atoms with Gasteiger partial charge >= 0.3 is 0 Å². The smallest absolute Gasteiger partial charge is 0.137 e. The number of halogens is 5. The Morgan fingerprint density at radius 3 is 1.93 bits per heavy atom. The van der Waals surface area contributed by atoms with Gasteiger partial charge in [-0.3, -0.25) is 15.0 Å². The molecule has 9 rings (SSSR count). The van der Waals surface area contributed by atoms with Crippen LogP contribution in [0.15, 0.2) is 104 Å². The lowest BCUT2D eigenvalue weighted by atomic mass is 10.0. The Morgan fingerprint density at radius 2 is 1.34 bits per heavy atom. The molecule has 0 aliphatic carbocycles. The fourth-order valence-electron chi connectivity index (χ4n) is 7.08. The minimum atomic E-state index is -0.715. The number of ether oxygens (including phenoxy) is 1. The molecule has 6 aromatic heterocycles. The van der Waals surface area contributed by atoms with Gasteiger partial charge in [-0.25, -0.2) is 32.5 Å². The van der Waals surface area contributed by atoms with Gasteiger partial charge in [0, 0.05) is 84.9 Å². The van der Waals surface area contributed by atoms with Gasteiger partial charge in [-0.2, -0.15) is 0 Å². The quantitative estimate of drug-likeness (QED) is 0.158. The second-order valence-corrected chi connectivity index (χ2v) is 14.6. The second-order valence-electron chi connectivity index (χ2n) is 14.2. The lowest BCUT2D eigenvalue weighted by Gasteiger charge is -2.38. The van der Waals surface area contributed by atoms with Crippen LogP contribution >= 0.6 is 11.6 Å². The van der Waals surface area contributed by atoms with E-state index in [1.807, 2.05) is 43.3 Å². The fourth-order valence-corrected chi connectivity index (χ4v) is 7.35. The van der Waals surface area contributed by atoms with E-state index in [4.69, 9.17) is 21.3 Å². The first kappa shape index (κ1) is 39.1. The van der Waals surface area contributed by atoms with E-state index < -0.39 is 23.3 Å². The maximum Gasteiger partial charge on any atom is 0.137 e. The first-order valence-electron chi connectivity index (χ1n) is 18.6. The molecule has 14 heteroatoms. The number of hydrogen-bond donors (Lipinski definition) is 1. The van der Waals surface area contributed by atoms with Crippen LogP contribution < -0.4 is 15.0 Å². The number of hydrogen-bond acceptors (Lipinski definition) is 9. The average molecular weight is 815 g/mol. The van der Waals surface area contributed by atoms with Crippen LogP contribution in [0.1, 0.15) is 18.1 Å². The van der Waals surface area contributed by atoms with Gasteiger partial charge in [0.15, 0.2) is 0 Å². The first-order chi connectivity index (χ1) is 28.5. The predicted octanol–water partition coefficient (Wildman–Crippen LogP) is 11.1. The number of nitrogens with one attached hydrogen (secondary N) is 1. The standard InChI is InChI=1S/C30H26F2N6O.C15H9ClF2N2/c1-17-15-38(16-17)27-11-25(22(14-35-27)19-8-21(39-3)13-33-12-19)36-30-18(2)29(24-6-4-5-7-34-24)37-26-10-20(31)9-23(32)28(26)30;1-8-14(16)13-10(18)6-9(17)7-12(13)20-15(8)11-4-2-3-5-19-11/h4-14,17H,15-16H2,1-3H3,(H,35,36,37);2-7H,1H3. The Kier molecular flexibility index (Phi) is 10.8. The van der Waals surface area contributed by atoms with Crippen molar-refractivity contribution in [1.29, 1.82) is 0 Å². The van der Waals surface area contributed by atoms with Gasteiger partial charge < -0.3 is 15.0 Å². The van der Waals surface area contributed by atoms with Crippen LogP contribution in [0.5, 0.6) is 5.75 Å². The highest BCUT2D eigenvalue weighted by molar-refractivity contribution is 6.36. The molecule has 1 aliphatic rings. The van der Waals surface area contributed by atoms with Gasteiger partial charge in [0.25, 0.3) is 0 Å². The summed E-state index contributed by atoms with van der Waals surface area (Å²) < 4.78 is 62.3. The molecule has 0 saturated carbocycles. The second kappa shape index (κ2) is 16.3. The highest BCUT2D eigenvalue weighted by Crippen LogP contribution is 2.41. The van der Waals surface area contributed by atoms with Crippen molar-refractivity contribution in [3.05, 3.63) is 143 Å². The monoisotopic (exact) mass is 814 g/mol. The number of benzene rings is 2. The molecule has 0 amide bonds. The number of rotatable bonds is 7. The molecule has 1 N–H and O–H groups in total. The summed E-state index contributed by atoms with van der Waals surface area (Å²) in [5, 5.41) is 4.03. The summed E-state index contributed by atoms with van der Waals surface area (Å²) in [5.74, 6) is -0.808. The summed E-state index contributed by atoms with van der Waals surface area (Å²) in [4.78, 5) is 28.8. The van der Waals surface area contributed by atoms with E-state index >= 15 is 4.39 Å². The van der Waals surface area contributed by atoms with Crippen LogP contribution in [0.4, 0.5) is 34.8 Å². The summed E-state index contributed by atoms with van der Waals surface area (Å²) in [7, 11) is 1.58. The minimum absolute atomic E-state index is 0.130. The van der Waals surface area contributed by atoms with E-state index in [0.29, 0.717) is 56.9 Å². The number of fused-ring (bicyclic) bond motifs is 2. The number of anilines is 3. The Balaban J connectivity index is 0.000000203. The normalized spacial score (nSPS) is 12.6. The van der Waals surface area contributed by atoms with Crippen molar-refractivity contribution >= 4 is 50.6 Å². The molecular formula is C45H35ClF4N8O. The van der Waals surface area contributed by atoms with Crippen LogP contribution in [0.25, 0.3) is 55.7 Å². The third-order valence-electron chi connectivity index (χ3n) is 10.0. The maximum absolute atomic E-state index is 15.4. The van der Waals surface area contributed by atoms with Crippen molar-refractivity contribution in [1.82, 2.24) is 29.9 Å². The average Bonchev–Trinajstić information content (AvgIpc) is 3.22. The van der Waals surface area contributed by atoms with Crippen molar-refractivity contribution in [2.75, 3.05) is 30.4 Å². The fraction of sp³-hybridized carbons (Fsp3) is 0.156. The molecule has 0 bridgehead atoms. The van der Waals surface area contributed by atoms with Gasteiger partial charge in [0.05, 0.1) is 74.3 Å². The zero-order valence-corrected chi connectivity index (χ0v) is 33.0.